The second-order valence-corrected chi connectivity index (χ2v) is 3.78. The Labute approximate surface area is 64.5 Å². The van der Waals surface area contributed by atoms with Gasteiger partial charge in [-0.3, -0.25) is 0 Å². The second kappa shape index (κ2) is 5.27. The van der Waals surface area contributed by atoms with Crippen molar-refractivity contribution in [2.75, 3.05) is 13.2 Å². The van der Waals surface area contributed by atoms with E-state index in [0.29, 0.717) is 0 Å². The van der Waals surface area contributed by atoms with Crippen molar-refractivity contribution in [3.8, 4) is 0 Å². The number of hydrogen-bond donors (Lipinski definition) is 5. The summed E-state index contributed by atoms with van der Waals surface area (Å²) in [6.07, 6.45) is 0. The Morgan fingerprint density at radius 3 is 2.18 bits per heavy atom. The van der Waals surface area contributed by atoms with E-state index in [-0.39, 0.29) is 6.61 Å². The van der Waals surface area contributed by atoms with Gasteiger partial charge in [-0.15, -0.1) is 0 Å². The van der Waals surface area contributed by atoms with Gasteiger partial charge in [-0.25, -0.2) is 0 Å². The lowest BCUT2D eigenvalue weighted by molar-refractivity contribution is 0.128. The monoisotopic (exact) mass is 207 g/mol. The Hall–Kier alpha value is 0.580. The summed E-state index contributed by atoms with van der Waals surface area (Å²) in [6, 6.07) is 0. The van der Waals surface area contributed by atoms with E-state index >= 15 is 0 Å². The Morgan fingerprint density at radius 1 is 1.27 bits per heavy atom. The van der Waals surface area contributed by atoms with Crippen molar-refractivity contribution in [2.24, 2.45) is 0 Å². The van der Waals surface area contributed by atoms with Crippen molar-refractivity contribution in [3.63, 3.8) is 0 Å². The van der Waals surface area contributed by atoms with Crippen LogP contribution < -0.4 is 0 Å². The first kappa shape index (κ1) is 11.6. The van der Waals surface area contributed by atoms with Crippen LogP contribution in [-0.2, 0) is 8.83 Å². The lowest BCUT2D eigenvalue weighted by Gasteiger charge is -2.07. The highest BCUT2D eigenvalue weighted by atomic mass is 31.3. The first-order valence-corrected chi connectivity index (χ1v) is 5.15. The third kappa shape index (κ3) is 6.96. The molecule has 0 rings (SSSR count). The van der Waals surface area contributed by atoms with Crippen LogP contribution in [0.4, 0.5) is 0 Å². The van der Waals surface area contributed by atoms with Crippen LogP contribution in [-0.4, -0.2) is 37.9 Å². The highest BCUT2D eigenvalue weighted by Gasteiger charge is 2.43. The molecule has 0 unspecified atom stereocenters. The molecule has 0 aromatic carbocycles. The predicted octanol–water partition coefficient (Wildman–Crippen LogP) is -1.11. The van der Waals surface area contributed by atoms with Crippen LogP contribution in [0.15, 0.2) is 0 Å². The number of hydrogen-bond acceptors (Lipinski definition) is 7. The Morgan fingerprint density at radius 2 is 1.82 bits per heavy atom. The molecule has 11 heavy (non-hydrogen) atoms. The summed E-state index contributed by atoms with van der Waals surface area (Å²) in [4.78, 5) is 33.5. The molecule has 0 aliphatic rings. The van der Waals surface area contributed by atoms with Crippen LogP contribution in [0.1, 0.15) is 0 Å². The molecule has 0 saturated heterocycles. The maximum atomic E-state index is 8.62. The summed E-state index contributed by atoms with van der Waals surface area (Å²) in [5.41, 5.74) is 0. The standard InChI is InChI=1S/C2H9O7P2/c3-1-2-8-11(6,7)9-10(4)5/h3-7H,1-2H2/q+1. The van der Waals surface area contributed by atoms with Crippen molar-refractivity contribution < 1.29 is 33.5 Å². The third-order valence-corrected chi connectivity index (χ3v) is 2.48. The lowest BCUT2D eigenvalue weighted by atomic mass is 10.8. The van der Waals surface area contributed by atoms with Gasteiger partial charge in [-0.1, -0.05) is 4.31 Å². The summed E-state index contributed by atoms with van der Waals surface area (Å²) >= 11 is 0. The van der Waals surface area contributed by atoms with Gasteiger partial charge in [0.25, 0.3) is 0 Å². The van der Waals surface area contributed by atoms with Crippen molar-refractivity contribution in [1.82, 2.24) is 0 Å². The SMILES string of the molecule is OCCO[P+](O)(O)OP(O)O. The maximum Gasteiger partial charge on any atom is 0.578 e. The topological polar surface area (TPSA) is 120 Å². The van der Waals surface area contributed by atoms with Crippen LogP contribution >= 0.6 is 16.8 Å². The molecule has 0 amide bonds. The minimum atomic E-state index is -4.15. The fourth-order valence-corrected chi connectivity index (χ4v) is 1.55. The number of aliphatic hydroxyl groups is 1. The number of aliphatic hydroxyl groups excluding tert-OH is 1. The summed E-state index contributed by atoms with van der Waals surface area (Å²) in [5.74, 6) is 0. The van der Waals surface area contributed by atoms with E-state index in [2.05, 4.69) is 8.83 Å². The van der Waals surface area contributed by atoms with Crippen molar-refractivity contribution >= 4 is 16.8 Å². The molecule has 0 aromatic rings. The van der Waals surface area contributed by atoms with Gasteiger partial charge in [0.05, 0.1) is 6.61 Å². The van der Waals surface area contributed by atoms with Crippen LogP contribution in [0.3, 0.4) is 0 Å². The van der Waals surface area contributed by atoms with E-state index in [4.69, 9.17) is 24.7 Å². The van der Waals surface area contributed by atoms with E-state index in [9.17, 15) is 0 Å². The van der Waals surface area contributed by atoms with E-state index < -0.39 is 23.4 Å². The molecule has 0 aromatic heterocycles. The molecular formula is C2H9O7P2+. The molecule has 68 valence electrons. The molecule has 0 saturated carbocycles. The molecule has 0 radical (unpaired) electrons. The normalized spacial score (nSPS) is 12.5. The van der Waals surface area contributed by atoms with Crippen molar-refractivity contribution in [2.45, 2.75) is 0 Å². The second-order valence-electron chi connectivity index (χ2n) is 1.38. The Bertz CT molecular complexity index is 105. The summed E-state index contributed by atoms with van der Waals surface area (Å²) in [6.45, 7) is -0.759. The average molecular weight is 207 g/mol. The largest absolute Gasteiger partial charge is 0.578 e. The van der Waals surface area contributed by atoms with Gasteiger partial charge < -0.3 is 14.9 Å². The van der Waals surface area contributed by atoms with Crippen molar-refractivity contribution in [1.29, 1.82) is 0 Å². The van der Waals surface area contributed by atoms with E-state index in [0.717, 1.165) is 0 Å². The molecule has 0 fully saturated rings. The fraction of sp³-hybridized carbons (Fsp3) is 1.00. The molecule has 0 aliphatic carbocycles. The van der Waals surface area contributed by atoms with Gasteiger partial charge in [0, 0.05) is 0 Å². The van der Waals surface area contributed by atoms with Crippen LogP contribution in [0.5, 0.6) is 0 Å². The van der Waals surface area contributed by atoms with E-state index in [1.54, 1.807) is 0 Å². The minimum absolute atomic E-state index is 0.343. The van der Waals surface area contributed by atoms with Crippen LogP contribution in [0.2, 0.25) is 0 Å². The quantitative estimate of drug-likeness (QED) is 0.362. The van der Waals surface area contributed by atoms with Gasteiger partial charge in [0.1, 0.15) is 6.61 Å². The first-order valence-electron chi connectivity index (χ1n) is 2.45. The predicted molar refractivity (Wildman–Crippen MR) is 36.8 cm³/mol. The van der Waals surface area contributed by atoms with Gasteiger partial charge in [-0.2, -0.15) is 14.3 Å². The van der Waals surface area contributed by atoms with Crippen molar-refractivity contribution in [3.05, 3.63) is 0 Å². The summed E-state index contributed by atoms with van der Waals surface area (Å²) in [5, 5.41) is 8.16. The highest BCUT2D eigenvalue weighted by molar-refractivity contribution is 7.62. The average Bonchev–Trinajstić information content (AvgIpc) is 1.81. The molecule has 0 atom stereocenters. The Kier molecular flexibility index (Phi) is 5.54. The number of rotatable bonds is 5. The van der Waals surface area contributed by atoms with Gasteiger partial charge in [0.2, 0.25) is 0 Å². The van der Waals surface area contributed by atoms with Gasteiger partial charge in [0.15, 0.2) is 0 Å². The first-order chi connectivity index (χ1) is 4.98. The molecule has 0 spiro atoms. The van der Waals surface area contributed by atoms with Gasteiger partial charge >= 0.3 is 16.8 Å². The molecule has 9 heteroatoms. The molecular weight excluding hydrogens is 198 g/mol. The fourth-order valence-electron chi connectivity index (χ4n) is 0.278. The smallest absolute Gasteiger partial charge is 0.394 e. The van der Waals surface area contributed by atoms with Crippen LogP contribution in [0, 0.1) is 0 Å². The zero-order valence-corrected chi connectivity index (χ0v) is 7.15. The summed E-state index contributed by atoms with van der Waals surface area (Å²) < 4.78 is 7.94. The zero-order chi connectivity index (χ0) is 8.91. The molecule has 0 aliphatic heterocycles. The Balaban J connectivity index is 3.61. The molecule has 7 nitrogen and oxygen atoms in total. The maximum absolute atomic E-state index is 8.62. The van der Waals surface area contributed by atoms with E-state index in [1.807, 2.05) is 0 Å². The van der Waals surface area contributed by atoms with Crippen LogP contribution in [0.25, 0.3) is 0 Å². The molecule has 5 N–H and O–H groups in total. The molecule has 0 heterocycles. The van der Waals surface area contributed by atoms with Gasteiger partial charge in [-0.05, 0) is 0 Å². The third-order valence-electron chi connectivity index (χ3n) is 0.530. The zero-order valence-electron chi connectivity index (χ0n) is 5.36. The van der Waals surface area contributed by atoms with E-state index in [1.165, 1.54) is 0 Å². The lowest BCUT2D eigenvalue weighted by Crippen LogP contribution is -2.03. The summed E-state index contributed by atoms with van der Waals surface area (Å²) in [7, 11) is -7.01. The highest BCUT2D eigenvalue weighted by Crippen LogP contribution is 2.60. The minimum Gasteiger partial charge on any atom is -0.394 e. The molecule has 0 bridgehead atoms.